The van der Waals surface area contributed by atoms with Gasteiger partial charge in [-0.1, -0.05) is 54.4 Å². The van der Waals surface area contributed by atoms with Gasteiger partial charge in [0.2, 0.25) is 0 Å². The molecule has 5 nitrogen and oxygen atoms in total. The minimum Gasteiger partial charge on any atom is -0.494 e. The highest BCUT2D eigenvalue weighted by Crippen LogP contribution is 2.36. The predicted molar refractivity (Wildman–Crippen MR) is 137 cm³/mol. The molecule has 3 aromatic rings. The van der Waals surface area contributed by atoms with Crippen LogP contribution in [-0.2, 0) is 9.59 Å². The van der Waals surface area contributed by atoms with Gasteiger partial charge in [-0.05, 0) is 75.1 Å². The van der Waals surface area contributed by atoms with Gasteiger partial charge in [-0.25, -0.2) is 4.90 Å². The average Bonchev–Trinajstić information content (AvgIpc) is 3.04. The number of rotatable bonds is 7. The molecule has 3 aromatic carbocycles. The van der Waals surface area contributed by atoms with E-state index in [1.165, 1.54) is 4.90 Å². The van der Waals surface area contributed by atoms with Crippen LogP contribution in [0.25, 0.3) is 5.57 Å². The Kier molecular flexibility index (Phi) is 6.55. The Hall–Kier alpha value is -3.86. The summed E-state index contributed by atoms with van der Waals surface area (Å²) in [6.45, 7) is 10.6. The number of benzene rings is 3. The van der Waals surface area contributed by atoms with Crippen LogP contribution in [0.2, 0.25) is 0 Å². The summed E-state index contributed by atoms with van der Waals surface area (Å²) in [6.07, 6.45) is 0.911. The van der Waals surface area contributed by atoms with E-state index in [4.69, 9.17) is 4.74 Å². The van der Waals surface area contributed by atoms with Crippen LogP contribution in [-0.4, -0.2) is 18.4 Å². The van der Waals surface area contributed by atoms with Gasteiger partial charge in [-0.3, -0.25) is 9.59 Å². The van der Waals surface area contributed by atoms with Gasteiger partial charge >= 0.3 is 0 Å². The zero-order chi connectivity index (χ0) is 24.4. The second-order valence-corrected chi connectivity index (χ2v) is 8.80. The molecule has 34 heavy (non-hydrogen) atoms. The quantitative estimate of drug-likeness (QED) is 0.438. The Bertz CT molecular complexity index is 1290. The van der Waals surface area contributed by atoms with Crippen molar-refractivity contribution in [2.45, 2.75) is 41.0 Å². The molecule has 0 bridgehead atoms. The number of carbonyl (C=O) groups excluding carboxylic acids is 2. The maximum atomic E-state index is 13.7. The number of ether oxygens (including phenoxy) is 1. The molecule has 174 valence electrons. The van der Waals surface area contributed by atoms with Gasteiger partial charge in [-0.15, -0.1) is 0 Å². The molecule has 4 rings (SSSR count). The summed E-state index contributed by atoms with van der Waals surface area (Å²) < 4.78 is 5.69. The van der Waals surface area contributed by atoms with Crippen LogP contribution in [0.4, 0.5) is 11.4 Å². The number of carbonyl (C=O) groups is 2. The van der Waals surface area contributed by atoms with Crippen LogP contribution in [0.5, 0.6) is 5.75 Å². The molecule has 1 N–H and O–H groups in total. The maximum absolute atomic E-state index is 13.7. The number of hydrogen-bond acceptors (Lipinski definition) is 4. The highest BCUT2D eigenvalue weighted by Gasteiger charge is 2.41. The maximum Gasteiger partial charge on any atom is 0.282 e. The summed E-state index contributed by atoms with van der Waals surface area (Å²) in [7, 11) is 0. The van der Waals surface area contributed by atoms with E-state index >= 15 is 0 Å². The van der Waals surface area contributed by atoms with Crippen molar-refractivity contribution in [3.63, 3.8) is 0 Å². The number of nitrogens with zero attached hydrogens (tertiary/aromatic N) is 1. The molecule has 1 aliphatic heterocycles. The fourth-order valence-corrected chi connectivity index (χ4v) is 4.21. The first kappa shape index (κ1) is 23.3. The van der Waals surface area contributed by atoms with Gasteiger partial charge in [0.15, 0.2) is 0 Å². The summed E-state index contributed by atoms with van der Waals surface area (Å²) in [5.74, 6) is 0.0303. The van der Waals surface area contributed by atoms with Crippen molar-refractivity contribution in [1.82, 2.24) is 0 Å². The summed E-state index contributed by atoms with van der Waals surface area (Å²) in [5.41, 5.74) is 6.77. The Morgan fingerprint density at radius 3 is 2.06 bits per heavy atom. The molecule has 0 unspecified atom stereocenters. The van der Waals surface area contributed by atoms with E-state index in [0.29, 0.717) is 23.4 Å². The molecule has 0 aromatic heterocycles. The molecule has 0 atom stereocenters. The van der Waals surface area contributed by atoms with Crippen molar-refractivity contribution in [2.75, 3.05) is 16.8 Å². The standard InChI is InChI=1S/C29H30N2O3/c1-6-15-34-23-11-9-22(10-12-23)26-27(30-24-13-7-18(2)16-20(24)4)29(33)31(28(26)32)25-14-8-19(3)17-21(25)5/h7-14,16-17,30H,6,15H2,1-5H3. The van der Waals surface area contributed by atoms with E-state index in [0.717, 1.165) is 40.1 Å². The molecule has 2 amide bonds. The Labute approximate surface area is 201 Å². The van der Waals surface area contributed by atoms with E-state index in [1.54, 1.807) is 0 Å². The van der Waals surface area contributed by atoms with E-state index in [9.17, 15) is 9.59 Å². The van der Waals surface area contributed by atoms with Crippen LogP contribution in [0.1, 0.15) is 41.2 Å². The minimum atomic E-state index is -0.363. The Morgan fingerprint density at radius 1 is 0.794 bits per heavy atom. The van der Waals surface area contributed by atoms with Crippen LogP contribution < -0.4 is 15.0 Å². The van der Waals surface area contributed by atoms with Crippen molar-refractivity contribution >= 4 is 28.8 Å². The van der Waals surface area contributed by atoms with Crippen LogP contribution in [0.3, 0.4) is 0 Å². The summed E-state index contributed by atoms with van der Waals surface area (Å²) in [5, 5.41) is 3.28. The normalized spacial score (nSPS) is 13.6. The van der Waals surface area contributed by atoms with Gasteiger partial charge in [-0.2, -0.15) is 0 Å². The monoisotopic (exact) mass is 454 g/mol. The molecule has 1 aliphatic rings. The van der Waals surface area contributed by atoms with Gasteiger partial charge < -0.3 is 10.1 Å². The lowest BCUT2D eigenvalue weighted by Gasteiger charge is -2.18. The highest BCUT2D eigenvalue weighted by atomic mass is 16.5. The third kappa shape index (κ3) is 4.46. The Balaban J connectivity index is 1.80. The number of anilines is 2. The number of nitrogens with one attached hydrogen (secondary N) is 1. The highest BCUT2D eigenvalue weighted by molar-refractivity contribution is 6.46. The first-order valence-electron chi connectivity index (χ1n) is 11.6. The van der Waals surface area contributed by atoms with E-state index in [1.807, 2.05) is 88.4 Å². The van der Waals surface area contributed by atoms with Crippen LogP contribution in [0, 0.1) is 27.7 Å². The average molecular weight is 455 g/mol. The van der Waals surface area contributed by atoms with E-state index < -0.39 is 0 Å². The number of hydrogen-bond donors (Lipinski definition) is 1. The lowest BCUT2D eigenvalue weighted by atomic mass is 10.0. The number of aryl methyl sites for hydroxylation is 4. The molecule has 0 radical (unpaired) electrons. The summed E-state index contributed by atoms with van der Waals surface area (Å²) in [4.78, 5) is 28.7. The lowest BCUT2D eigenvalue weighted by Crippen LogP contribution is -2.33. The lowest BCUT2D eigenvalue weighted by molar-refractivity contribution is -0.120. The van der Waals surface area contributed by atoms with E-state index in [2.05, 4.69) is 12.2 Å². The molecule has 0 aliphatic carbocycles. The molecule has 1 heterocycles. The third-order valence-electron chi connectivity index (χ3n) is 5.93. The first-order valence-corrected chi connectivity index (χ1v) is 11.6. The number of imide groups is 1. The third-order valence-corrected chi connectivity index (χ3v) is 5.93. The van der Waals surface area contributed by atoms with Crippen LogP contribution >= 0.6 is 0 Å². The second kappa shape index (κ2) is 9.56. The second-order valence-electron chi connectivity index (χ2n) is 8.80. The van der Waals surface area contributed by atoms with Gasteiger partial charge in [0.05, 0.1) is 17.9 Å². The fraction of sp³-hybridized carbons (Fsp3) is 0.241. The van der Waals surface area contributed by atoms with Gasteiger partial charge in [0.25, 0.3) is 11.8 Å². The van der Waals surface area contributed by atoms with Gasteiger partial charge in [0, 0.05) is 5.69 Å². The van der Waals surface area contributed by atoms with Gasteiger partial charge in [0.1, 0.15) is 11.4 Å². The molecule has 0 spiro atoms. The molecule has 0 saturated heterocycles. The molecule has 5 heteroatoms. The first-order chi connectivity index (χ1) is 16.3. The largest absolute Gasteiger partial charge is 0.494 e. The summed E-state index contributed by atoms with van der Waals surface area (Å²) >= 11 is 0. The topological polar surface area (TPSA) is 58.6 Å². The van der Waals surface area contributed by atoms with Crippen molar-refractivity contribution in [1.29, 1.82) is 0 Å². The zero-order valence-corrected chi connectivity index (χ0v) is 20.4. The predicted octanol–water partition coefficient (Wildman–Crippen LogP) is 6.11. The van der Waals surface area contributed by atoms with Crippen molar-refractivity contribution in [3.05, 3.63) is 94.2 Å². The van der Waals surface area contributed by atoms with Crippen molar-refractivity contribution in [3.8, 4) is 5.75 Å². The minimum absolute atomic E-state index is 0.277. The van der Waals surface area contributed by atoms with E-state index in [-0.39, 0.29) is 17.5 Å². The number of amides is 2. The zero-order valence-electron chi connectivity index (χ0n) is 20.4. The SMILES string of the molecule is CCCOc1ccc(C2=C(Nc3ccc(C)cc3C)C(=O)N(c3ccc(C)cc3C)C2=O)cc1. The summed E-state index contributed by atoms with van der Waals surface area (Å²) in [6, 6.07) is 19.0. The van der Waals surface area contributed by atoms with Crippen molar-refractivity contribution in [2.24, 2.45) is 0 Å². The smallest absolute Gasteiger partial charge is 0.282 e. The Morgan fingerprint density at radius 2 is 1.44 bits per heavy atom. The molecular weight excluding hydrogens is 424 g/mol. The molecular formula is C29H30N2O3. The van der Waals surface area contributed by atoms with Crippen molar-refractivity contribution < 1.29 is 14.3 Å². The molecule has 0 saturated carbocycles. The van der Waals surface area contributed by atoms with Crippen LogP contribution in [0.15, 0.2) is 66.4 Å². The molecule has 0 fully saturated rings. The fourth-order valence-electron chi connectivity index (χ4n) is 4.21.